The van der Waals surface area contributed by atoms with Crippen molar-refractivity contribution in [3.63, 3.8) is 0 Å². The Hall–Kier alpha value is -1.96. The number of rotatable bonds is 5. The largest absolute Gasteiger partial charge is 0.349 e. The number of sulfonamides is 1. The summed E-state index contributed by atoms with van der Waals surface area (Å²) in [5.41, 5.74) is 1.00. The maximum Gasteiger partial charge on any atom is 0.252 e. The molecule has 132 valence electrons. The van der Waals surface area contributed by atoms with Gasteiger partial charge in [0.05, 0.1) is 0 Å². The highest BCUT2D eigenvalue weighted by atomic mass is 32.2. The van der Waals surface area contributed by atoms with Crippen molar-refractivity contribution in [1.82, 2.24) is 9.62 Å². The van der Waals surface area contributed by atoms with Crippen LogP contribution in [-0.2, 0) is 14.8 Å². The first-order valence-corrected chi connectivity index (χ1v) is 10.3. The molecule has 1 aromatic carbocycles. The lowest BCUT2D eigenvalue weighted by Gasteiger charge is -2.31. The fraction of sp³-hybridized carbons (Fsp3) is 0.278. The molecule has 1 fully saturated rings. The number of nitrogens with one attached hydrogen (secondary N) is 1. The van der Waals surface area contributed by atoms with E-state index in [1.165, 1.54) is 21.7 Å². The Bertz CT molecular complexity index is 859. The van der Waals surface area contributed by atoms with Crippen LogP contribution < -0.4 is 5.32 Å². The van der Waals surface area contributed by atoms with Crippen LogP contribution in [0.15, 0.2) is 59.3 Å². The number of hydrogen-bond acceptors (Lipinski definition) is 4. The van der Waals surface area contributed by atoms with Crippen molar-refractivity contribution in [2.24, 2.45) is 0 Å². The van der Waals surface area contributed by atoms with Gasteiger partial charge in [-0.15, -0.1) is 11.3 Å². The number of nitrogens with zero attached hydrogens (tertiary/aromatic N) is 1. The van der Waals surface area contributed by atoms with E-state index in [-0.39, 0.29) is 11.9 Å². The Balaban J connectivity index is 1.78. The van der Waals surface area contributed by atoms with E-state index >= 15 is 0 Å². The van der Waals surface area contributed by atoms with Crippen LogP contribution in [0.5, 0.6) is 0 Å². The third-order valence-electron chi connectivity index (χ3n) is 4.15. The average Bonchev–Trinajstić information content (AvgIpc) is 3.13. The van der Waals surface area contributed by atoms with Gasteiger partial charge in [-0.1, -0.05) is 36.9 Å². The molecule has 1 aliphatic heterocycles. The second-order valence-corrected chi connectivity index (χ2v) is 9.15. The van der Waals surface area contributed by atoms with Gasteiger partial charge in [0, 0.05) is 24.0 Å². The minimum atomic E-state index is -3.55. The molecule has 5 nitrogen and oxygen atoms in total. The summed E-state index contributed by atoms with van der Waals surface area (Å²) in [6, 6.07) is 13.0. The molecule has 1 atom stereocenters. The molecular formula is C18H20N2O3S2. The Labute approximate surface area is 152 Å². The van der Waals surface area contributed by atoms with E-state index in [0.29, 0.717) is 17.3 Å². The van der Waals surface area contributed by atoms with Crippen LogP contribution in [0.4, 0.5) is 0 Å². The predicted octanol–water partition coefficient (Wildman–Crippen LogP) is 2.87. The van der Waals surface area contributed by atoms with Crippen LogP contribution >= 0.6 is 11.3 Å². The topological polar surface area (TPSA) is 66.5 Å². The van der Waals surface area contributed by atoms with Gasteiger partial charge in [0.2, 0.25) is 5.91 Å². The molecule has 0 aliphatic carbocycles. The summed E-state index contributed by atoms with van der Waals surface area (Å²) in [4.78, 5) is 12.4. The zero-order valence-electron chi connectivity index (χ0n) is 13.7. The molecule has 1 amide bonds. The van der Waals surface area contributed by atoms with E-state index in [1.807, 2.05) is 36.4 Å². The summed E-state index contributed by atoms with van der Waals surface area (Å²) >= 11 is 1.27. The Morgan fingerprint density at radius 1 is 1.24 bits per heavy atom. The first kappa shape index (κ1) is 17.8. The molecule has 0 spiro atoms. The summed E-state index contributed by atoms with van der Waals surface area (Å²) in [5, 5.41) is 2.79. The molecule has 1 N–H and O–H groups in total. The molecule has 1 saturated heterocycles. The van der Waals surface area contributed by atoms with Crippen molar-refractivity contribution in [3.8, 4) is 10.4 Å². The molecule has 1 aliphatic rings. The second-order valence-electron chi connectivity index (χ2n) is 5.90. The zero-order valence-corrected chi connectivity index (χ0v) is 15.4. The molecule has 2 aromatic rings. The normalized spacial score (nSPS) is 18.6. The molecule has 25 heavy (non-hydrogen) atoms. The summed E-state index contributed by atoms with van der Waals surface area (Å²) in [6.07, 6.45) is 2.70. The number of carbonyl (C=O) groups is 1. The highest BCUT2D eigenvalue weighted by Gasteiger charge is 2.31. The van der Waals surface area contributed by atoms with Crippen molar-refractivity contribution < 1.29 is 13.2 Å². The van der Waals surface area contributed by atoms with Crippen LogP contribution in [0.3, 0.4) is 0 Å². The Kier molecular flexibility index (Phi) is 5.36. The van der Waals surface area contributed by atoms with Crippen LogP contribution in [0.25, 0.3) is 10.4 Å². The van der Waals surface area contributed by atoms with E-state index in [0.717, 1.165) is 23.3 Å². The number of amides is 1. The predicted molar refractivity (Wildman–Crippen MR) is 99.9 cm³/mol. The molecule has 0 unspecified atom stereocenters. The van der Waals surface area contributed by atoms with Gasteiger partial charge in [-0.3, -0.25) is 4.79 Å². The third-order valence-corrected chi connectivity index (χ3v) is 7.62. The third kappa shape index (κ3) is 4.00. The smallest absolute Gasteiger partial charge is 0.252 e. The van der Waals surface area contributed by atoms with E-state index in [1.54, 1.807) is 6.07 Å². The molecule has 3 rings (SSSR count). The summed E-state index contributed by atoms with van der Waals surface area (Å²) in [6.45, 7) is 4.20. The maximum atomic E-state index is 12.9. The zero-order chi connectivity index (χ0) is 17.9. The molecule has 0 bridgehead atoms. The van der Waals surface area contributed by atoms with Gasteiger partial charge in [-0.25, -0.2) is 8.42 Å². The SMILES string of the molecule is C=CC(=O)N[C@H]1CCCN(S(=O)(=O)c2ccc(-c3ccccc3)s2)C1. The summed E-state index contributed by atoms with van der Waals surface area (Å²) < 4.78 is 27.7. The van der Waals surface area contributed by atoms with Crippen LogP contribution in [-0.4, -0.2) is 37.8 Å². The van der Waals surface area contributed by atoms with E-state index in [2.05, 4.69) is 11.9 Å². The van der Waals surface area contributed by atoms with Gasteiger partial charge in [0.1, 0.15) is 4.21 Å². The number of thiophene rings is 1. The van der Waals surface area contributed by atoms with Crippen LogP contribution in [0.1, 0.15) is 12.8 Å². The fourth-order valence-corrected chi connectivity index (χ4v) is 5.87. The molecular weight excluding hydrogens is 356 g/mol. The lowest BCUT2D eigenvalue weighted by atomic mass is 10.1. The van der Waals surface area contributed by atoms with Gasteiger partial charge in [-0.2, -0.15) is 4.31 Å². The van der Waals surface area contributed by atoms with Crippen molar-refractivity contribution in [2.45, 2.75) is 23.1 Å². The maximum absolute atomic E-state index is 12.9. The lowest BCUT2D eigenvalue weighted by molar-refractivity contribution is -0.117. The van der Waals surface area contributed by atoms with Crippen LogP contribution in [0, 0.1) is 0 Å². The van der Waals surface area contributed by atoms with Crippen molar-refractivity contribution >= 4 is 27.3 Å². The van der Waals surface area contributed by atoms with E-state index in [9.17, 15) is 13.2 Å². The number of benzene rings is 1. The van der Waals surface area contributed by atoms with Crippen molar-refractivity contribution in [3.05, 3.63) is 55.1 Å². The minimum Gasteiger partial charge on any atom is -0.349 e. The standard InChI is InChI=1S/C18H20N2O3S2/c1-2-17(21)19-15-9-6-12-20(13-15)25(22,23)18-11-10-16(24-18)14-7-4-3-5-8-14/h2-5,7-8,10-11,15H,1,6,9,12-13H2,(H,19,21)/t15-/m0/s1. The summed E-state index contributed by atoms with van der Waals surface area (Å²) in [7, 11) is -3.55. The quantitative estimate of drug-likeness (QED) is 0.816. The Morgan fingerprint density at radius 3 is 2.72 bits per heavy atom. The molecule has 0 saturated carbocycles. The first-order chi connectivity index (χ1) is 12.0. The second kappa shape index (κ2) is 7.51. The van der Waals surface area contributed by atoms with Gasteiger partial charge >= 0.3 is 0 Å². The Morgan fingerprint density at radius 2 is 2.00 bits per heavy atom. The minimum absolute atomic E-state index is 0.178. The molecule has 0 radical (unpaired) electrons. The number of carbonyl (C=O) groups excluding carboxylic acids is 1. The number of hydrogen-bond donors (Lipinski definition) is 1. The van der Waals surface area contributed by atoms with Crippen LogP contribution in [0.2, 0.25) is 0 Å². The van der Waals surface area contributed by atoms with Crippen molar-refractivity contribution in [2.75, 3.05) is 13.1 Å². The molecule has 1 aromatic heterocycles. The lowest BCUT2D eigenvalue weighted by Crippen LogP contribution is -2.49. The highest BCUT2D eigenvalue weighted by molar-refractivity contribution is 7.91. The van der Waals surface area contributed by atoms with Gasteiger partial charge in [-0.05, 0) is 36.6 Å². The molecule has 7 heteroatoms. The number of piperidine rings is 1. The monoisotopic (exact) mass is 376 g/mol. The average molecular weight is 377 g/mol. The first-order valence-electron chi connectivity index (χ1n) is 8.09. The van der Waals surface area contributed by atoms with Crippen molar-refractivity contribution in [1.29, 1.82) is 0 Å². The summed E-state index contributed by atoms with van der Waals surface area (Å²) in [5.74, 6) is -0.272. The van der Waals surface area contributed by atoms with Gasteiger partial charge < -0.3 is 5.32 Å². The van der Waals surface area contributed by atoms with Gasteiger partial charge in [0.25, 0.3) is 10.0 Å². The fourth-order valence-electron chi connectivity index (χ4n) is 2.88. The molecule has 2 heterocycles. The van der Waals surface area contributed by atoms with E-state index in [4.69, 9.17) is 0 Å². The van der Waals surface area contributed by atoms with E-state index < -0.39 is 10.0 Å². The highest BCUT2D eigenvalue weighted by Crippen LogP contribution is 2.33. The van der Waals surface area contributed by atoms with Gasteiger partial charge in [0.15, 0.2) is 0 Å².